The third-order valence-corrected chi connectivity index (χ3v) is 13.6. The second-order valence-electron chi connectivity index (χ2n) is 19.7. The van der Waals surface area contributed by atoms with Crippen LogP contribution in [0.5, 0.6) is 0 Å². The molecular formula is C45H80O12. The van der Waals surface area contributed by atoms with Gasteiger partial charge in [0.2, 0.25) is 0 Å². The summed E-state index contributed by atoms with van der Waals surface area (Å²) in [7, 11) is 3.24. The predicted molar refractivity (Wildman–Crippen MR) is 217 cm³/mol. The van der Waals surface area contributed by atoms with E-state index in [1.54, 1.807) is 28.1 Å². The van der Waals surface area contributed by atoms with Gasteiger partial charge in [0.25, 0.3) is 0 Å². The molecule has 0 aromatic heterocycles. The molecular weight excluding hydrogens is 732 g/mol. The van der Waals surface area contributed by atoms with Crippen LogP contribution < -0.4 is 0 Å². The molecule has 0 aromatic rings. The van der Waals surface area contributed by atoms with Gasteiger partial charge in [-0.1, -0.05) is 76.2 Å². The summed E-state index contributed by atoms with van der Waals surface area (Å²) >= 11 is 0. The third-order valence-electron chi connectivity index (χ3n) is 13.6. The van der Waals surface area contributed by atoms with Crippen LogP contribution >= 0.6 is 0 Å². The standard InChI is InChI=1S/C45H80O12/c1-23(2)18-34(46)55-38-28(7)37(26(5)22-52-43-40(51-17)39(50-16)27(6)32(11)54-43)57-42(48)30(9)36(56-35-21-44(13,14)31(10)33(12)53-35)25(4)19-24(3)20-45(15,49)41(47)29(38)8/h23-33,35-40,43,49H,18-22H2,1-17H3/t24-,25-,26+,27-,28+,29-,30-,31+,32-,33+,35+,36+,37-,38-,39-,40-,43-,45+/m1/s1. The van der Waals surface area contributed by atoms with Gasteiger partial charge in [0.1, 0.15) is 23.9 Å². The molecule has 3 rings (SSSR count). The van der Waals surface area contributed by atoms with Gasteiger partial charge in [-0.15, -0.1) is 0 Å². The van der Waals surface area contributed by atoms with E-state index >= 15 is 0 Å². The molecule has 0 unspecified atom stereocenters. The number of ether oxygens (including phenoxy) is 8. The molecule has 18 atom stereocenters. The fraction of sp³-hybridized carbons (Fsp3) is 0.933. The first-order valence-electron chi connectivity index (χ1n) is 21.7. The minimum Gasteiger partial charge on any atom is -0.461 e. The number of methoxy groups -OCH3 is 2. The highest BCUT2D eigenvalue weighted by Gasteiger charge is 2.49. The van der Waals surface area contributed by atoms with Crippen LogP contribution in [-0.2, 0) is 52.3 Å². The number of hydrogen-bond acceptors (Lipinski definition) is 12. The van der Waals surface area contributed by atoms with Crippen LogP contribution in [0.1, 0.15) is 130 Å². The van der Waals surface area contributed by atoms with Gasteiger partial charge in [0.05, 0.1) is 42.9 Å². The second-order valence-corrected chi connectivity index (χ2v) is 19.7. The maximum absolute atomic E-state index is 14.6. The number of carbonyl (C=O) groups is 3. The van der Waals surface area contributed by atoms with Crippen molar-refractivity contribution in [1.29, 1.82) is 0 Å². The Hall–Kier alpha value is -1.67. The smallest absolute Gasteiger partial charge is 0.311 e. The summed E-state index contributed by atoms with van der Waals surface area (Å²) in [6, 6.07) is 0. The van der Waals surface area contributed by atoms with Crippen LogP contribution in [0.15, 0.2) is 0 Å². The molecule has 0 aliphatic carbocycles. The number of Topliss-reactive ketones (excluding diaryl/α,β-unsaturated/α-hetero) is 1. The molecule has 0 saturated carbocycles. The maximum atomic E-state index is 14.6. The Kier molecular flexibility index (Phi) is 18.1. The molecule has 3 aliphatic heterocycles. The number of cyclic esters (lactones) is 1. The SMILES string of the molecule is CO[C@@H]1[C@H](C)[C@@H](C)O[C@@H](OC[C@H](C)[C@H]2OC(=O)[C@H](C)[C@@H](O[C@H]3CC(C)(C)[C@@H](C)[C@H](C)O3)[C@H](C)C[C@@H](C)C[C@](C)(O)C(=O)[C@H](C)[C@H](OC(=O)CC(C)C)[C@H]2C)[C@@H]1OC. The lowest BCUT2D eigenvalue weighted by atomic mass is 9.73. The van der Waals surface area contributed by atoms with E-state index in [0.29, 0.717) is 18.8 Å². The number of aliphatic hydroxyl groups is 1. The van der Waals surface area contributed by atoms with Gasteiger partial charge in [0, 0.05) is 44.8 Å². The molecule has 12 heteroatoms. The van der Waals surface area contributed by atoms with Crippen molar-refractivity contribution in [3.8, 4) is 0 Å². The second kappa shape index (κ2) is 20.7. The average Bonchev–Trinajstić information content (AvgIpc) is 3.11. The first kappa shape index (κ1) is 49.7. The van der Waals surface area contributed by atoms with Gasteiger partial charge < -0.3 is 43.0 Å². The number of esters is 2. The monoisotopic (exact) mass is 813 g/mol. The minimum atomic E-state index is -1.71. The first-order chi connectivity index (χ1) is 26.4. The Morgan fingerprint density at radius 1 is 0.807 bits per heavy atom. The fourth-order valence-electron chi connectivity index (χ4n) is 9.63. The molecule has 332 valence electrons. The molecule has 12 nitrogen and oxygen atoms in total. The molecule has 0 amide bonds. The first-order valence-corrected chi connectivity index (χ1v) is 21.7. The van der Waals surface area contributed by atoms with Crippen molar-refractivity contribution in [2.24, 2.45) is 58.7 Å². The Bertz CT molecular complexity index is 1300. The summed E-state index contributed by atoms with van der Waals surface area (Å²) in [6.07, 6.45) is -3.27. The zero-order valence-electron chi connectivity index (χ0n) is 38.4. The van der Waals surface area contributed by atoms with Crippen LogP contribution in [0.3, 0.4) is 0 Å². The number of hydrogen-bond donors (Lipinski definition) is 1. The van der Waals surface area contributed by atoms with Crippen molar-refractivity contribution in [3.05, 3.63) is 0 Å². The summed E-state index contributed by atoms with van der Waals surface area (Å²) in [5.41, 5.74) is -1.77. The summed E-state index contributed by atoms with van der Waals surface area (Å²) in [4.78, 5) is 42.3. The highest BCUT2D eigenvalue weighted by atomic mass is 16.7. The molecule has 3 fully saturated rings. The van der Waals surface area contributed by atoms with Crippen LogP contribution in [0.2, 0.25) is 0 Å². The Morgan fingerprint density at radius 2 is 1.42 bits per heavy atom. The third kappa shape index (κ3) is 12.4. The topological polar surface area (TPSA) is 145 Å². The van der Waals surface area contributed by atoms with Crippen molar-refractivity contribution in [1.82, 2.24) is 0 Å². The van der Waals surface area contributed by atoms with E-state index in [-0.39, 0.29) is 66.8 Å². The lowest BCUT2D eigenvalue weighted by molar-refractivity contribution is -0.293. The van der Waals surface area contributed by atoms with Gasteiger partial charge >= 0.3 is 11.9 Å². The molecule has 3 heterocycles. The normalized spacial score (nSPS) is 43.2. The van der Waals surface area contributed by atoms with Crippen molar-refractivity contribution >= 4 is 17.7 Å². The van der Waals surface area contributed by atoms with Crippen molar-refractivity contribution < 1.29 is 57.4 Å². The summed E-state index contributed by atoms with van der Waals surface area (Å²) in [5, 5.41) is 11.8. The van der Waals surface area contributed by atoms with Crippen LogP contribution in [-0.4, -0.2) is 105 Å². The average molecular weight is 813 g/mol. The van der Waals surface area contributed by atoms with Gasteiger partial charge in [-0.3, -0.25) is 14.4 Å². The largest absolute Gasteiger partial charge is 0.461 e. The Labute approximate surface area is 344 Å². The Balaban J connectivity index is 2.08. The molecule has 0 spiro atoms. The summed E-state index contributed by atoms with van der Waals surface area (Å²) < 4.78 is 50.3. The van der Waals surface area contributed by atoms with E-state index in [1.807, 2.05) is 62.3 Å². The number of carbonyl (C=O) groups excluding carboxylic acids is 3. The van der Waals surface area contributed by atoms with E-state index in [9.17, 15) is 19.5 Å². The van der Waals surface area contributed by atoms with E-state index in [0.717, 1.165) is 0 Å². The molecule has 1 N–H and O–H groups in total. The van der Waals surface area contributed by atoms with E-state index in [1.165, 1.54) is 0 Å². The van der Waals surface area contributed by atoms with Gasteiger partial charge in [-0.25, -0.2) is 0 Å². The zero-order valence-corrected chi connectivity index (χ0v) is 38.4. The van der Waals surface area contributed by atoms with Crippen molar-refractivity contribution in [2.45, 2.75) is 190 Å². The van der Waals surface area contributed by atoms with Gasteiger partial charge in [-0.2, -0.15) is 0 Å². The van der Waals surface area contributed by atoms with E-state index in [2.05, 4.69) is 27.7 Å². The molecule has 3 aliphatic rings. The van der Waals surface area contributed by atoms with Gasteiger partial charge in [-0.05, 0) is 69.6 Å². The van der Waals surface area contributed by atoms with Gasteiger partial charge in [0.15, 0.2) is 18.4 Å². The maximum Gasteiger partial charge on any atom is 0.311 e. The highest BCUT2D eigenvalue weighted by Crippen LogP contribution is 2.43. The highest BCUT2D eigenvalue weighted by molar-refractivity contribution is 5.89. The molecule has 0 bridgehead atoms. The quantitative estimate of drug-likeness (QED) is 0.208. The Morgan fingerprint density at radius 3 is 1.98 bits per heavy atom. The van der Waals surface area contributed by atoms with Crippen LogP contribution in [0.4, 0.5) is 0 Å². The summed E-state index contributed by atoms with van der Waals surface area (Å²) in [5.74, 6) is -4.08. The van der Waals surface area contributed by atoms with Crippen molar-refractivity contribution in [3.63, 3.8) is 0 Å². The van der Waals surface area contributed by atoms with Crippen molar-refractivity contribution in [2.75, 3.05) is 20.8 Å². The fourth-order valence-corrected chi connectivity index (χ4v) is 9.63. The number of rotatable bonds is 11. The lowest BCUT2D eigenvalue weighted by Crippen LogP contribution is -2.55. The lowest BCUT2D eigenvalue weighted by Gasteiger charge is -2.46. The number of ketones is 1. The predicted octanol–water partition coefficient (Wildman–Crippen LogP) is 7.40. The molecule has 57 heavy (non-hydrogen) atoms. The van der Waals surface area contributed by atoms with E-state index in [4.69, 9.17) is 37.9 Å². The summed E-state index contributed by atoms with van der Waals surface area (Å²) in [6.45, 7) is 29.5. The molecule has 0 radical (unpaired) electrons. The van der Waals surface area contributed by atoms with E-state index < -0.39 is 84.0 Å². The molecule has 0 aromatic carbocycles. The minimum absolute atomic E-state index is 0.0113. The molecule has 3 saturated heterocycles. The zero-order chi connectivity index (χ0) is 43.3. The van der Waals surface area contributed by atoms with Crippen LogP contribution in [0.25, 0.3) is 0 Å². The van der Waals surface area contributed by atoms with Crippen LogP contribution in [0, 0.1) is 58.7 Å².